The number of benzene rings is 2. The minimum absolute atomic E-state index is 0.0671. The Labute approximate surface area is 172 Å². The molecule has 3 rings (SSSR count). The predicted molar refractivity (Wildman–Crippen MR) is 112 cm³/mol. The SMILES string of the molecule is Cc1ccc(C(=O)N[C@@H](CCO)c2ccccc2)cc1S(=O)(=O)N1CCCCC1. The van der Waals surface area contributed by atoms with E-state index in [2.05, 4.69) is 5.32 Å². The molecule has 1 saturated heterocycles. The Morgan fingerprint density at radius 3 is 2.45 bits per heavy atom. The van der Waals surface area contributed by atoms with Crippen molar-refractivity contribution in [1.29, 1.82) is 0 Å². The molecule has 1 aliphatic rings. The van der Waals surface area contributed by atoms with Crippen molar-refractivity contribution in [2.24, 2.45) is 0 Å². The molecule has 0 radical (unpaired) electrons. The molecule has 1 fully saturated rings. The van der Waals surface area contributed by atoms with Gasteiger partial charge in [-0.25, -0.2) is 8.42 Å². The summed E-state index contributed by atoms with van der Waals surface area (Å²) in [6.07, 6.45) is 3.14. The van der Waals surface area contributed by atoms with Crippen molar-refractivity contribution >= 4 is 15.9 Å². The molecule has 1 amide bonds. The average Bonchev–Trinajstić information content (AvgIpc) is 2.74. The molecule has 6 nitrogen and oxygen atoms in total. The van der Waals surface area contributed by atoms with Gasteiger partial charge in [-0.3, -0.25) is 4.79 Å². The highest BCUT2D eigenvalue weighted by Crippen LogP contribution is 2.25. The summed E-state index contributed by atoms with van der Waals surface area (Å²) in [4.78, 5) is 13.1. The van der Waals surface area contributed by atoms with E-state index in [9.17, 15) is 18.3 Å². The fraction of sp³-hybridized carbons (Fsp3) is 0.409. The number of nitrogens with zero attached hydrogens (tertiary/aromatic N) is 1. The molecule has 7 heteroatoms. The Balaban J connectivity index is 1.85. The van der Waals surface area contributed by atoms with Gasteiger partial charge in [0, 0.05) is 25.3 Å². The second-order valence-electron chi connectivity index (χ2n) is 7.39. The van der Waals surface area contributed by atoms with Crippen LogP contribution < -0.4 is 5.32 Å². The molecule has 1 atom stereocenters. The van der Waals surface area contributed by atoms with Crippen LogP contribution in [0.15, 0.2) is 53.4 Å². The first-order chi connectivity index (χ1) is 13.9. The third-order valence-electron chi connectivity index (χ3n) is 5.31. The Kier molecular flexibility index (Phi) is 7.05. The summed E-state index contributed by atoms with van der Waals surface area (Å²) in [5.41, 5.74) is 1.82. The Bertz CT molecular complexity index is 939. The van der Waals surface area contributed by atoms with Crippen molar-refractivity contribution in [2.45, 2.75) is 43.5 Å². The van der Waals surface area contributed by atoms with Gasteiger partial charge in [0.15, 0.2) is 0 Å². The van der Waals surface area contributed by atoms with Gasteiger partial charge in [-0.1, -0.05) is 42.8 Å². The maximum atomic E-state index is 13.1. The van der Waals surface area contributed by atoms with Crippen LogP contribution in [-0.2, 0) is 10.0 Å². The number of sulfonamides is 1. The first-order valence-electron chi connectivity index (χ1n) is 10.0. The highest BCUT2D eigenvalue weighted by molar-refractivity contribution is 7.89. The van der Waals surface area contributed by atoms with Crippen LogP contribution in [0, 0.1) is 6.92 Å². The molecular weight excluding hydrogens is 388 g/mol. The van der Waals surface area contributed by atoms with E-state index in [0.717, 1.165) is 24.8 Å². The van der Waals surface area contributed by atoms with E-state index < -0.39 is 10.0 Å². The van der Waals surface area contributed by atoms with Gasteiger partial charge >= 0.3 is 0 Å². The number of aliphatic hydroxyl groups is 1. The van der Waals surface area contributed by atoms with E-state index >= 15 is 0 Å². The zero-order chi connectivity index (χ0) is 20.9. The van der Waals surface area contributed by atoms with Crippen LogP contribution in [0.25, 0.3) is 0 Å². The molecule has 0 aromatic heterocycles. The Morgan fingerprint density at radius 2 is 1.79 bits per heavy atom. The monoisotopic (exact) mass is 416 g/mol. The molecule has 2 aromatic rings. The van der Waals surface area contributed by atoms with Gasteiger partial charge in [0.25, 0.3) is 5.91 Å². The molecule has 2 N–H and O–H groups in total. The van der Waals surface area contributed by atoms with E-state index in [1.54, 1.807) is 19.1 Å². The maximum Gasteiger partial charge on any atom is 0.251 e. The topological polar surface area (TPSA) is 86.7 Å². The molecular formula is C22H28N2O4S. The van der Waals surface area contributed by atoms with Crippen LogP contribution in [0.5, 0.6) is 0 Å². The van der Waals surface area contributed by atoms with Gasteiger partial charge in [-0.15, -0.1) is 0 Å². The number of carbonyl (C=O) groups is 1. The van der Waals surface area contributed by atoms with Crippen molar-refractivity contribution in [2.75, 3.05) is 19.7 Å². The zero-order valence-electron chi connectivity index (χ0n) is 16.7. The van der Waals surface area contributed by atoms with Crippen LogP contribution in [0.1, 0.15) is 53.2 Å². The fourth-order valence-electron chi connectivity index (χ4n) is 3.64. The van der Waals surface area contributed by atoms with Gasteiger partial charge in [-0.2, -0.15) is 4.31 Å². The van der Waals surface area contributed by atoms with Gasteiger partial charge in [0.1, 0.15) is 0 Å². The van der Waals surface area contributed by atoms with Gasteiger partial charge < -0.3 is 10.4 Å². The lowest BCUT2D eigenvalue weighted by Crippen LogP contribution is -2.36. The van der Waals surface area contributed by atoms with E-state index in [0.29, 0.717) is 30.6 Å². The van der Waals surface area contributed by atoms with Crippen LogP contribution in [0.2, 0.25) is 0 Å². The lowest BCUT2D eigenvalue weighted by Gasteiger charge is -2.26. The lowest BCUT2D eigenvalue weighted by atomic mass is 10.0. The number of aliphatic hydroxyl groups excluding tert-OH is 1. The summed E-state index contributed by atoms with van der Waals surface area (Å²) >= 11 is 0. The van der Waals surface area contributed by atoms with E-state index in [1.165, 1.54) is 10.4 Å². The molecule has 2 aromatic carbocycles. The van der Waals surface area contributed by atoms with Crippen molar-refractivity contribution in [3.63, 3.8) is 0 Å². The predicted octanol–water partition coefficient (Wildman–Crippen LogP) is 3.02. The molecule has 0 unspecified atom stereocenters. The summed E-state index contributed by atoms with van der Waals surface area (Å²) in [6.45, 7) is 2.72. The number of nitrogens with one attached hydrogen (secondary N) is 1. The van der Waals surface area contributed by atoms with Crippen LogP contribution in [-0.4, -0.2) is 43.4 Å². The highest BCUT2D eigenvalue weighted by Gasteiger charge is 2.28. The van der Waals surface area contributed by atoms with E-state index in [-0.39, 0.29) is 23.5 Å². The number of rotatable bonds is 7. The van der Waals surface area contributed by atoms with Crippen molar-refractivity contribution in [3.8, 4) is 0 Å². The van der Waals surface area contributed by atoms with Crippen LogP contribution in [0.4, 0.5) is 0 Å². The summed E-state index contributed by atoms with van der Waals surface area (Å²) in [6, 6.07) is 13.9. The van der Waals surface area contributed by atoms with Crippen molar-refractivity contribution < 1.29 is 18.3 Å². The molecule has 29 heavy (non-hydrogen) atoms. The second kappa shape index (κ2) is 9.52. The first-order valence-corrected chi connectivity index (χ1v) is 11.4. The Morgan fingerprint density at radius 1 is 1.10 bits per heavy atom. The van der Waals surface area contributed by atoms with Crippen molar-refractivity contribution in [1.82, 2.24) is 9.62 Å². The largest absolute Gasteiger partial charge is 0.396 e. The summed E-state index contributed by atoms with van der Waals surface area (Å²) < 4.78 is 27.7. The second-order valence-corrected chi connectivity index (χ2v) is 9.30. The van der Waals surface area contributed by atoms with Gasteiger partial charge in [0.2, 0.25) is 10.0 Å². The van der Waals surface area contributed by atoms with Gasteiger partial charge in [0.05, 0.1) is 10.9 Å². The number of piperidine rings is 1. The first kappa shape index (κ1) is 21.5. The Hall–Kier alpha value is -2.22. The van der Waals surface area contributed by atoms with E-state index in [1.807, 2.05) is 30.3 Å². The number of hydrogen-bond donors (Lipinski definition) is 2. The molecule has 0 saturated carbocycles. The smallest absolute Gasteiger partial charge is 0.251 e. The van der Waals surface area contributed by atoms with Crippen LogP contribution >= 0.6 is 0 Å². The standard InChI is InChI=1S/C22H28N2O4S/c1-17-10-11-19(16-21(17)29(27,28)24-13-6-3-7-14-24)22(26)23-20(12-15-25)18-8-4-2-5-9-18/h2,4-5,8-11,16,20,25H,3,6-7,12-15H2,1H3,(H,23,26)/t20-/m0/s1. The average molecular weight is 417 g/mol. The minimum Gasteiger partial charge on any atom is -0.396 e. The number of aryl methyl sites for hydroxylation is 1. The summed E-state index contributed by atoms with van der Waals surface area (Å²) in [5.74, 6) is -0.359. The normalized spacial score (nSPS) is 16.3. The van der Waals surface area contributed by atoms with Crippen LogP contribution in [0.3, 0.4) is 0 Å². The quantitative estimate of drug-likeness (QED) is 0.726. The third kappa shape index (κ3) is 5.04. The molecule has 156 valence electrons. The highest BCUT2D eigenvalue weighted by atomic mass is 32.2. The number of carbonyl (C=O) groups excluding carboxylic acids is 1. The third-order valence-corrected chi connectivity index (χ3v) is 7.35. The summed E-state index contributed by atoms with van der Waals surface area (Å²) in [5, 5.41) is 12.3. The fourth-order valence-corrected chi connectivity index (χ4v) is 5.41. The zero-order valence-corrected chi connectivity index (χ0v) is 17.5. The summed E-state index contributed by atoms with van der Waals surface area (Å²) in [7, 11) is -3.63. The minimum atomic E-state index is -3.63. The molecule has 1 aliphatic heterocycles. The van der Waals surface area contributed by atoms with Gasteiger partial charge in [-0.05, 0) is 49.4 Å². The van der Waals surface area contributed by atoms with Crippen molar-refractivity contribution in [3.05, 3.63) is 65.2 Å². The maximum absolute atomic E-state index is 13.1. The lowest BCUT2D eigenvalue weighted by molar-refractivity contribution is 0.0929. The number of amides is 1. The number of hydrogen-bond acceptors (Lipinski definition) is 4. The molecule has 1 heterocycles. The molecule has 0 spiro atoms. The molecule has 0 aliphatic carbocycles. The molecule has 0 bridgehead atoms. The van der Waals surface area contributed by atoms with E-state index in [4.69, 9.17) is 0 Å².